The van der Waals surface area contributed by atoms with Gasteiger partial charge in [-0.15, -0.1) is 0 Å². The molecular formula is C15H21NO2. The summed E-state index contributed by atoms with van der Waals surface area (Å²) in [7, 11) is 1.62. The number of Topliss-reactive ketones (excluding diaryl/α,β-unsaturated/α-hetero) is 1. The molecule has 0 amide bonds. The number of ether oxygens (including phenoxy) is 1. The standard InChI is InChI=1S/C15H21NO2/c1-18-14-4-2-3-13(11-14)15(17)6-5-12-7-9-16-10-8-12/h2-4,11-12,16H,5-10H2,1H3. The van der Waals surface area contributed by atoms with E-state index in [0.29, 0.717) is 12.3 Å². The van der Waals surface area contributed by atoms with Crippen molar-refractivity contribution < 1.29 is 9.53 Å². The van der Waals surface area contributed by atoms with Gasteiger partial charge in [-0.1, -0.05) is 12.1 Å². The first-order valence-corrected chi connectivity index (χ1v) is 6.67. The van der Waals surface area contributed by atoms with Gasteiger partial charge in [-0.25, -0.2) is 0 Å². The van der Waals surface area contributed by atoms with Crippen LogP contribution in [-0.4, -0.2) is 26.0 Å². The monoisotopic (exact) mass is 247 g/mol. The summed E-state index contributed by atoms with van der Waals surface area (Å²) in [5.41, 5.74) is 0.767. The summed E-state index contributed by atoms with van der Waals surface area (Å²) in [6, 6.07) is 7.43. The van der Waals surface area contributed by atoms with E-state index < -0.39 is 0 Å². The first-order valence-electron chi connectivity index (χ1n) is 6.67. The van der Waals surface area contributed by atoms with Crippen molar-refractivity contribution >= 4 is 5.78 Å². The Hall–Kier alpha value is -1.35. The lowest BCUT2D eigenvalue weighted by Gasteiger charge is -2.22. The molecule has 0 unspecified atom stereocenters. The van der Waals surface area contributed by atoms with Gasteiger partial charge in [0.1, 0.15) is 5.75 Å². The average Bonchev–Trinajstić information content (AvgIpc) is 2.46. The van der Waals surface area contributed by atoms with E-state index >= 15 is 0 Å². The predicted octanol–water partition coefficient (Wildman–Crippen LogP) is 2.66. The second-order valence-corrected chi connectivity index (χ2v) is 4.89. The van der Waals surface area contributed by atoms with E-state index in [2.05, 4.69) is 5.32 Å². The molecule has 0 spiro atoms. The molecule has 1 aromatic rings. The van der Waals surface area contributed by atoms with Crippen LogP contribution in [0.5, 0.6) is 5.75 Å². The topological polar surface area (TPSA) is 38.3 Å². The normalized spacial score (nSPS) is 16.5. The van der Waals surface area contributed by atoms with E-state index in [0.717, 1.165) is 30.8 Å². The summed E-state index contributed by atoms with van der Waals surface area (Å²) in [5.74, 6) is 1.69. The van der Waals surface area contributed by atoms with Gasteiger partial charge in [0.2, 0.25) is 0 Å². The van der Waals surface area contributed by atoms with Crippen molar-refractivity contribution in [2.75, 3.05) is 20.2 Å². The van der Waals surface area contributed by atoms with Crippen molar-refractivity contribution in [2.24, 2.45) is 5.92 Å². The first-order chi connectivity index (χ1) is 8.79. The molecule has 0 aliphatic carbocycles. The fourth-order valence-electron chi connectivity index (χ4n) is 2.45. The zero-order chi connectivity index (χ0) is 12.8. The van der Waals surface area contributed by atoms with Crippen LogP contribution in [0.1, 0.15) is 36.0 Å². The molecule has 1 fully saturated rings. The van der Waals surface area contributed by atoms with E-state index in [1.54, 1.807) is 7.11 Å². The number of hydrogen-bond acceptors (Lipinski definition) is 3. The van der Waals surface area contributed by atoms with E-state index in [9.17, 15) is 4.79 Å². The van der Waals surface area contributed by atoms with E-state index in [4.69, 9.17) is 4.74 Å². The molecule has 1 aliphatic heterocycles. The van der Waals surface area contributed by atoms with Gasteiger partial charge >= 0.3 is 0 Å². The highest BCUT2D eigenvalue weighted by Crippen LogP contribution is 2.20. The Morgan fingerprint density at radius 3 is 2.89 bits per heavy atom. The maximum atomic E-state index is 12.1. The minimum Gasteiger partial charge on any atom is -0.497 e. The molecule has 0 atom stereocenters. The largest absolute Gasteiger partial charge is 0.497 e. The molecule has 1 N–H and O–H groups in total. The lowest BCUT2D eigenvalue weighted by Crippen LogP contribution is -2.27. The molecule has 3 nitrogen and oxygen atoms in total. The van der Waals surface area contributed by atoms with Crippen molar-refractivity contribution in [2.45, 2.75) is 25.7 Å². The van der Waals surface area contributed by atoms with E-state index in [1.807, 2.05) is 24.3 Å². The molecule has 1 aliphatic rings. The number of carbonyl (C=O) groups is 1. The minimum atomic E-state index is 0.229. The number of ketones is 1. The molecule has 0 radical (unpaired) electrons. The summed E-state index contributed by atoms with van der Waals surface area (Å²) in [5, 5.41) is 3.35. The smallest absolute Gasteiger partial charge is 0.163 e. The maximum Gasteiger partial charge on any atom is 0.163 e. The SMILES string of the molecule is COc1cccc(C(=O)CCC2CCNCC2)c1. The zero-order valence-electron chi connectivity index (χ0n) is 10.9. The van der Waals surface area contributed by atoms with Crippen molar-refractivity contribution in [1.82, 2.24) is 5.32 Å². The molecule has 1 saturated heterocycles. The summed E-state index contributed by atoms with van der Waals surface area (Å²) in [6.07, 6.45) is 4.06. The van der Waals surface area contributed by atoms with E-state index in [-0.39, 0.29) is 5.78 Å². The number of carbonyl (C=O) groups excluding carboxylic acids is 1. The molecule has 1 heterocycles. The van der Waals surface area contributed by atoms with Crippen LogP contribution in [-0.2, 0) is 0 Å². The molecule has 18 heavy (non-hydrogen) atoms. The average molecular weight is 247 g/mol. The fraction of sp³-hybridized carbons (Fsp3) is 0.533. The molecule has 0 saturated carbocycles. The van der Waals surface area contributed by atoms with Gasteiger partial charge in [0.25, 0.3) is 0 Å². The molecule has 98 valence electrons. The van der Waals surface area contributed by atoms with E-state index in [1.165, 1.54) is 12.8 Å². The van der Waals surface area contributed by atoms with Crippen LogP contribution in [0, 0.1) is 5.92 Å². The van der Waals surface area contributed by atoms with Crippen molar-refractivity contribution in [3.63, 3.8) is 0 Å². The summed E-state index contributed by atoms with van der Waals surface area (Å²) >= 11 is 0. The van der Waals surface area contributed by atoms with Crippen LogP contribution in [0.2, 0.25) is 0 Å². The lowest BCUT2D eigenvalue weighted by molar-refractivity contribution is 0.0970. The Morgan fingerprint density at radius 1 is 1.39 bits per heavy atom. The molecular weight excluding hydrogens is 226 g/mol. The van der Waals surface area contributed by atoms with Crippen LogP contribution < -0.4 is 10.1 Å². The first kappa shape index (κ1) is 13.1. The third kappa shape index (κ3) is 3.57. The van der Waals surface area contributed by atoms with Crippen molar-refractivity contribution in [3.05, 3.63) is 29.8 Å². The Morgan fingerprint density at radius 2 is 2.17 bits per heavy atom. The van der Waals surface area contributed by atoms with Crippen LogP contribution in [0.25, 0.3) is 0 Å². The zero-order valence-corrected chi connectivity index (χ0v) is 10.9. The molecule has 1 aromatic carbocycles. The van der Waals surface area contributed by atoms with Crippen LogP contribution in [0.3, 0.4) is 0 Å². The van der Waals surface area contributed by atoms with Gasteiger partial charge in [-0.3, -0.25) is 4.79 Å². The summed E-state index contributed by atoms with van der Waals surface area (Å²) in [4.78, 5) is 12.1. The molecule has 2 rings (SSSR count). The van der Waals surface area contributed by atoms with Gasteiger partial charge in [-0.05, 0) is 50.4 Å². The number of nitrogens with one attached hydrogen (secondary N) is 1. The molecule has 0 bridgehead atoms. The van der Waals surface area contributed by atoms with Crippen molar-refractivity contribution in [3.8, 4) is 5.75 Å². The number of piperidine rings is 1. The maximum absolute atomic E-state index is 12.1. The minimum absolute atomic E-state index is 0.229. The third-order valence-corrected chi connectivity index (χ3v) is 3.63. The van der Waals surface area contributed by atoms with Crippen molar-refractivity contribution in [1.29, 1.82) is 0 Å². The second kappa shape index (κ2) is 6.55. The highest BCUT2D eigenvalue weighted by molar-refractivity contribution is 5.96. The quantitative estimate of drug-likeness (QED) is 0.813. The van der Waals surface area contributed by atoms with Gasteiger partial charge in [0, 0.05) is 12.0 Å². The molecule has 0 aromatic heterocycles. The van der Waals surface area contributed by atoms with Gasteiger partial charge in [0.15, 0.2) is 5.78 Å². The summed E-state index contributed by atoms with van der Waals surface area (Å²) < 4.78 is 5.14. The Kier molecular flexibility index (Phi) is 4.76. The van der Waals surface area contributed by atoms with Crippen LogP contribution in [0.4, 0.5) is 0 Å². The lowest BCUT2D eigenvalue weighted by atomic mass is 9.91. The van der Waals surface area contributed by atoms with Gasteiger partial charge in [0.05, 0.1) is 7.11 Å². The summed E-state index contributed by atoms with van der Waals surface area (Å²) in [6.45, 7) is 2.19. The van der Waals surface area contributed by atoms with Gasteiger partial charge in [-0.2, -0.15) is 0 Å². The number of hydrogen-bond donors (Lipinski definition) is 1. The van der Waals surface area contributed by atoms with Crippen LogP contribution >= 0.6 is 0 Å². The number of benzene rings is 1. The third-order valence-electron chi connectivity index (χ3n) is 3.63. The highest BCUT2D eigenvalue weighted by atomic mass is 16.5. The fourth-order valence-corrected chi connectivity index (χ4v) is 2.45. The Bertz CT molecular complexity index is 397. The molecule has 3 heteroatoms. The number of methoxy groups -OCH3 is 1. The number of rotatable bonds is 5. The Balaban J connectivity index is 1.86. The second-order valence-electron chi connectivity index (χ2n) is 4.89. The predicted molar refractivity (Wildman–Crippen MR) is 72.2 cm³/mol. The Labute approximate surface area is 109 Å². The highest BCUT2D eigenvalue weighted by Gasteiger charge is 2.15. The van der Waals surface area contributed by atoms with Crippen LogP contribution in [0.15, 0.2) is 24.3 Å². The van der Waals surface area contributed by atoms with Gasteiger partial charge < -0.3 is 10.1 Å².